The van der Waals surface area contributed by atoms with Crippen molar-refractivity contribution >= 4 is 37.6 Å². The Hall–Kier alpha value is -0.100. The topological polar surface area (TPSA) is 54.4 Å². The van der Waals surface area contributed by atoms with E-state index < -0.39 is 10.1 Å². The van der Waals surface area contributed by atoms with Crippen molar-refractivity contribution in [1.29, 1.82) is 0 Å². The second kappa shape index (κ2) is 4.61. The van der Waals surface area contributed by atoms with E-state index in [4.69, 9.17) is 16.2 Å². The molecule has 0 saturated heterocycles. The Morgan fingerprint density at radius 3 is 2.57 bits per heavy atom. The first kappa shape index (κ1) is 12.0. The summed E-state index contributed by atoms with van der Waals surface area (Å²) in [5, 5.41) is 0. The summed E-state index contributed by atoms with van der Waals surface area (Å²) in [6.45, 7) is 0. The Bertz CT molecular complexity index is 430. The monoisotopic (exact) mass is 298 g/mol. The molecule has 0 aliphatic heterocycles. The third-order valence-corrected chi connectivity index (χ3v) is 3.57. The Balaban J connectivity index is 3.36. The number of rotatable bonds is 3. The van der Waals surface area contributed by atoms with Gasteiger partial charge in [0.2, 0.25) is 0 Å². The van der Waals surface area contributed by atoms with Gasteiger partial charge >= 0.3 is 0 Å². The third-order valence-electron chi connectivity index (χ3n) is 1.70. The molecule has 1 aromatic carbocycles. The molecule has 6 heteroatoms. The molecule has 0 aliphatic carbocycles. The van der Waals surface area contributed by atoms with Crippen LogP contribution in [0.2, 0.25) is 0 Å². The highest BCUT2D eigenvalue weighted by atomic mass is 79.9. The lowest BCUT2D eigenvalue weighted by Crippen LogP contribution is -2.04. The number of hydrogen-bond donors (Lipinski definition) is 1. The molecule has 0 amide bonds. The first-order chi connectivity index (χ1) is 6.46. The minimum atomic E-state index is -4.17. The summed E-state index contributed by atoms with van der Waals surface area (Å²) in [6.07, 6.45) is 0.387. The van der Waals surface area contributed by atoms with Crippen LogP contribution < -0.4 is 0 Å². The second-order valence-electron chi connectivity index (χ2n) is 2.63. The molecule has 0 atom stereocenters. The number of hydrogen-bond acceptors (Lipinski definition) is 2. The quantitative estimate of drug-likeness (QED) is 0.689. The van der Waals surface area contributed by atoms with E-state index in [9.17, 15) is 8.42 Å². The predicted molar refractivity (Wildman–Crippen MR) is 58.4 cm³/mol. The number of benzene rings is 1. The largest absolute Gasteiger partial charge is 0.294 e. The fourth-order valence-corrected chi connectivity index (χ4v) is 2.78. The number of alkyl halides is 1. The first-order valence-corrected chi connectivity index (χ1v) is 6.54. The standard InChI is InChI=1S/C8H8BrClO3S/c9-7-2-1-3-8(14(11,12)13)6(7)4-5-10/h1-3H,4-5H2,(H,11,12,13). The minimum absolute atomic E-state index is 0.0903. The molecule has 1 aromatic rings. The van der Waals surface area contributed by atoms with Crippen LogP contribution in [0, 0.1) is 0 Å². The molecule has 1 rings (SSSR count). The van der Waals surface area contributed by atoms with E-state index >= 15 is 0 Å². The van der Waals surface area contributed by atoms with Gasteiger partial charge in [-0.1, -0.05) is 22.0 Å². The van der Waals surface area contributed by atoms with Crippen LogP contribution in [0.1, 0.15) is 5.56 Å². The Morgan fingerprint density at radius 2 is 2.07 bits per heavy atom. The molecule has 0 bridgehead atoms. The van der Waals surface area contributed by atoms with Gasteiger partial charge in [0.1, 0.15) is 0 Å². The third kappa shape index (κ3) is 2.70. The lowest BCUT2D eigenvalue weighted by molar-refractivity contribution is 0.482. The second-order valence-corrected chi connectivity index (χ2v) is 5.25. The van der Waals surface area contributed by atoms with Gasteiger partial charge in [-0.3, -0.25) is 4.55 Å². The van der Waals surface area contributed by atoms with Gasteiger partial charge in [-0.05, 0) is 24.1 Å². The molecule has 0 spiro atoms. The maximum Gasteiger partial charge on any atom is 0.294 e. The van der Waals surface area contributed by atoms with E-state index in [-0.39, 0.29) is 4.90 Å². The summed E-state index contributed by atoms with van der Waals surface area (Å²) >= 11 is 8.74. The summed E-state index contributed by atoms with van der Waals surface area (Å²) in [5.74, 6) is 0.297. The summed E-state index contributed by atoms with van der Waals surface area (Å²) < 4.78 is 31.5. The Morgan fingerprint density at radius 1 is 1.43 bits per heavy atom. The zero-order valence-electron chi connectivity index (χ0n) is 7.07. The average molecular weight is 300 g/mol. The molecule has 0 aromatic heterocycles. The molecule has 3 nitrogen and oxygen atoms in total. The molecule has 0 fully saturated rings. The highest BCUT2D eigenvalue weighted by Crippen LogP contribution is 2.24. The van der Waals surface area contributed by atoms with Crippen LogP contribution in [0.15, 0.2) is 27.6 Å². The minimum Gasteiger partial charge on any atom is -0.282 e. The smallest absolute Gasteiger partial charge is 0.282 e. The summed E-state index contributed by atoms with van der Waals surface area (Å²) in [4.78, 5) is -0.0903. The van der Waals surface area contributed by atoms with Gasteiger partial charge in [0.15, 0.2) is 0 Å². The fourth-order valence-electron chi connectivity index (χ4n) is 1.12. The maximum absolute atomic E-state index is 11.0. The van der Waals surface area contributed by atoms with E-state index in [1.807, 2.05) is 0 Å². The summed E-state index contributed by atoms with van der Waals surface area (Å²) in [5.41, 5.74) is 0.505. The van der Waals surface area contributed by atoms with Crippen molar-refractivity contribution in [3.63, 3.8) is 0 Å². The highest BCUT2D eigenvalue weighted by Gasteiger charge is 2.16. The van der Waals surface area contributed by atoms with Gasteiger partial charge in [-0.25, -0.2) is 0 Å². The van der Waals surface area contributed by atoms with Crippen LogP contribution in [0.3, 0.4) is 0 Å². The van der Waals surface area contributed by atoms with Gasteiger partial charge in [0.25, 0.3) is 10.1 Å². The van der Waals surface area contributed by atoms with Crippen LogP contribution in [-0.4, -0.2) is 18.9 Å². The van der Waals surface area contributed by atoms with Gasteiger partial charge in [0.05, 0.1) is 4.90 Å². The van der Waals surface area contributed by atoms with E-state index in [1.54, 1.807) is 12.1 Å². The molecule has 0 aliphatic rings. The van der Waals surface area contributed by atoms with E-state index in [1.165, 1.54) is 6.07 Å². The zero-order chi connectivity index (χ0) is 10.8. The predicted octanol–water partition coefficient (Wildman–Crippen LogP) is 2.48. The number of halogens is 2. The van der Waals surface area contributed by atoms with Crippen molar-refractivity contribution in [2.75, 3.05) is 5.88 Å². The van der Waals surface area contributed by atoms with Crippen molar-refractivity contribution in [1.82, 2.24) is 0 Å². The molecule has 0 unspecified atom stereocenters. The summed E-state index contributed by atoms with van der Waals surface area (Å²) in [6, 6.07) is 4.60. The van der Waals surface area contributed by atoms with Crippen LogP contribution in [0.4, 0.5) is 0 Å². The Labute approximate surface area is 96.0 Å². The molecule has 78 valence electrons. The van der Waals surface area contributed by atoms with Gasteiger partial charge in [-0.2, -0.15) is 8.42 Å². The average Bonchev–Trinajstić information content (AvgIpc) is 2.07. The van der Waals surface area contributed by atoms with Gasteiger partial charge in [-0.15, -0.1) is 11.6 Å². The van der Waals surface area contributed by atoms with Crippen LogP contribution in [-0.2, 0) is 16.5 Å². The first-order valence-electron chi connectivity index (χ1n) is 3.77. The lowest BCUT2D eigenvalue weighted by Gasteiger charge is -2.07. The van der Waals surface area contributed by atoms with E-state index in [0.717, 1.165) is 0 Å². The molecule has 0 radical (unpaired) electrons. The normalized spacial score (nSPS) is 11.6. The van der Waals surface area contributed by atoms with Crippen molar-refractivity contribution in [3.05, 3.63) is 28.2 Å². The SMILES string of the molecule is O=S(=O)(O)c1cccc(Br)c1CCCl. The van der Waals surface area contributed by atoms with Crippen LogP contribution >= 0.6 is 27.5 Å². The van der Waals surface area contributed by atoms with Crippen LogP contribution in [0.5, 0.6) is 0 Å². The maximum atomic E-state index is 11.0. The molecule has 14 heavy (non-hydrogen) atoms. The zero-order valence-corrected chi connectivity index (χ0v) is 10.2. The van der Waals surface area contributed by atoms with Gasteiger partial charge in [0, 0.05) is 10.4 Å². The lowest BCUT2D eigenvalue weighted by atomic mass is 10.2. The van der Waals surface area contributed by atoms with Crippen molar-refractivity contribution in [2.24, 2.45) is 0 Å². The van der Waals surface area contributed by atoms with Crippen molar-refractivity contribution in [3.8, 4) is 0 Å². The summed E-state index contributed by atoms with van der Waals surface area (Å²) in [7, 11) is -4.17. The van der Waals surface area contributed by atoms with E-state index in [2.05, 4.69) is 15.9 Å². The fraction of sp³-hybridized carbons (Fsp3) is 0.250. The molecular weight excluding hydrogens is 292 g/mol. The molecule has 0 heterocycles. The molecular formula is C8H8BrClO3S. The van der Waals surface area contributed by atoms with Crippen molar-refractivity contribution < 1.29 is 13.0 Å². The molecule has 1 N–H and O–H groups in total. The van der Waals surface area contributed by atoms with E-state index in [0.29, 0.717) is 22.3 Å². The Kier molecular flexibility index (Phi) is 3.94. The highest BCUT2D eigenvalue weighted by molar-refractivity contribution is 9.10. The van der Waals surface area contributed by atoms with Crippen LogP contribution in [0.25, 0.3) is 0 Å². The van der Waals surface area contributed by atoms with Gasteiger partial charge < -0.3 is 0 Å². The van der Waals surface area contributed by atoms with Crippen molar-refractivity contribution in [2.45, 2.75) is 11.3 Å². The molecule has 0 saturated carbocycles.